The van der Waals surface area contributed by atoms with Gasteiger partial charge in [-0.25, -0.2) is 0 Å². The van der Waals surface area contributed by atoms with Gasteiger partial charge < -0.3 is 9.94 Å². The zero-order valence-electron chi connectivity index (χ0n) is 7.45. The number of rotatable bonds is 3. The van der Waals surface area contributed by atoms with Crippen LogP contribution in [0.5, 0.6) is 5.75 Å². The Bertz CT molecular complexity index is 339. The van der Waals surface area contributed by atoms with Gasteiger partial charge in [-0.05, 0) is 19.1 Å². The van der Waals surface area contributed by atoms with E-state index in [-0.39, 0.29) is 11.5 Å². The molecule has 5 heteroatoms. The van der Waals surface area contributed by atoms with E-state index >= 15 is 0 Å². The zero-order chi connectivity index (χ0) is 10.6. The number of benzene rings is 1. The van der Waals surface area contributed by atoms with Crippen LogP contribution in [0.15, 0.2) is 29.4 Å². The Morgan fingerprint density at radius 1 is 1.43 bits per heavy atom. The summed E-state index contributed by atoms with van der Waals surface area (Å²) in [6.45, 7) is -1.39. The Kier molecular flexibility index (Phi) is 3.39. The van der Waals surface area contributed by atoms with Crippen LogP contribution in [0.1, 0.15) is 12.5 Å². The molecule has 0 unspecified atom stereocenters. The number of hydrogen-bond acceptors (Lipinski definition) is 3. The summed E-state index contributed by atoms with van der Waals surface area (Å²) in [5.41, 5.74) is 0.566. The number of oxime groups is 1. The number of hydrogen-bond donors (Lipinski definition) is 1. The van der Waals surface area contributed by atoms with Gasteiger partial charge in [-0.1, -0.05) is 17.3 Å². The highest BCUT2D eigenvalue weighted by molar-refractivity contribution is 6.00. The predicted octanol–water partition coefficient (Wildman–Crippen LogP) is 2.49. The molecule has 0 bridgehead atoms. The van der Waals surface area contributed by atoms with Crippen molar-refractivity contribution in [2.45, 2.75) is 13.5 Å². The van der Waals surface area contributed by atoms with Crippen molar-refractivity contribution in [1.29, 1.82) is 0 Å². The monoisotopic (exact) mass is 201 g/mol. The molecular weight excluding hydrogens is 192 g/mol. The van der Waals surface area contributed by atoms with E-state index in [2.05, 4.69) is 9.89 Å². The fourth-order valence-corrected chi connectivity index (χ4v) is 1.02. The molecule has 1 N–H and O–H groups in total. The molecule has 0 saturated heterocycles. The molecule has 0 amide bonds. The molecule has 14 heavy (non-hydrogen) atoms. The summed E-state index contributed by atoms with van der Waals surface area (Å²) in [7, 11) is 0. The second-order valence-corrected chi connectivity index (χ2v) is 2.56. The quantitative estimate of drug-likeness (QED) is 0.463. The standard InChI is InChI=1S/C9H9F2NO2/c1-6(12-13)7-4-2-3-5-8(7)14-9(10)11/h2-5,9,13H,1H3. The van der Waals surface area contributed by atoms with Crippen LogP contribution in [0.25, 0.3) is 0 Å². The van der Waals surface area contributed by atoms with Crippen LogP contribution in [-0.4, -0.2) is 17.5 Å². The van der Waals surface area contributed by atoms with Crippen LogP contribution in [-0.2, 0) is 0 Å². The lowest BCUT2D eigenvalue weighted by Crippen LogP contribution is -2.06. The van der Waals surface area contributed by atoms with Crippen LogP contribution >= 0.6 is 0 Å². The molecule has 0 aliphatic rings. The summed E-state index contributed by atoms with van der Waals surface area (Å²) in [5, 5.41) is 11.4. The predicted molar refractivity (Wildman–Crippen MR) is 47.1 cm³/mol. The van der Waals surface area contributed by atoms with Crippen LogP contribution in [0.2, 0.25) is 0 Å². The van der Waals surface area contributed by atoms with Gasteiger partial charge in [-0.15, -0.1) is 0 Å². The smallest absolute Gasteiger partial charge is 0.387 e. The van der Waals surface area contributed by atoms with Crippen molar-refractivity contribution in [2.75, 3.05) is 0 Å². The minimum absolute atomic E-state index is 0.00204. The van der Waals surface area contributed by atoms with Gasteiger partial charge >= 0.3 is 6.61 Å². The van der Waals surface area contributed by atoms with Crippen molar-refractivity contribution in [3.05, 3.63) is 29.8 Å². The summed E-state index contributed by atoms with van der Waals surface area (Å²) < 4.78 is 28.1. The van der Waals surface area contributed by atoms with E-state index in [4.69, 9.17) is 5.21 Å². The number of alkyl halides is 2. The van der Waals surface area contributed by atoms with Gasteiger partial charge in [-0.2, -0.15) is 8.78 Å². The van der Waals surface area contributed by atoms with E-state index in [0.717, 1.165) is 0 Å². The lowest BCUT2D eigenvalue weighted by Gasteiger charge is -2.08. The Balaban J connectivity index is 3.03. The van der Waals surface area contributed by atoms with Crippen molar-refractivity contribution in [1.82, 2.24) is 0 Å². The molecule has 0 fully saturated rings. The molecule has 0 spiro atoms. The van der Waals surface area contributed by atoms with E-state index in [1.807, 2.05) is 0 Å². The molecule has 0 aliphatic carbocycles. The average molecular weight is 201 g/mol. The molecule has 0 aromatic heterocycles. The third-order valence-electron chi connectivity index (χ3n) is 1.64. The van der Waals surface area contributed by atoms with Gasteiger partial charge in [0.15, 0.2) is 0 Å². The molecule has 0 radical (unpaired) electrons. The van der Waals surface area contributed by atoms with Gasteiger partial charge in [0.1, 0.15) is 5.75 Å². The fraction of sp³-hybridized carbons (Fsp3) is 0.222. The first-order valence-electron chi connectivity index (χ1n) is 3.88. The summed E-state index contributed by atoms with van der Waals surface area (Å²) in [5.74, 6) is -0.00204. The van der Waals surface area contributed by atoms with E-state index < -0.39 is 6.61 Å². The van der Waals surface area contributed by atoms with E-state index in [1.165, 1.54) is 19.1 Å². The van der Waals surface area contributed by atoms with E-state index in [0.29, 0.717) is 5.56 Å². The summed E-state index contributed by atoms with van der Waals surface area (Å²) >= 11 is 0. The third-order valence-corrected chi connectivity index (χ3v) is 1.64. The first-order chi connectivity index (χ1) is 6.65. The zero-order valence-corrected chi connectivity index (χ0v) is 7.45. The first kappa shape index (κ1) is 10.4. The van der Waals surface area contributed by atoms with Crippen molar-refractivity contribution in [2.24, 2.45) is 5.16 Å². The molecular formula is C9H9F2NO2. The number of ether oxygens (including phenoxy) is 1. The largest absolute Gasteiger partial charge is 0.434 e. The SMILES string of the molecule is CC(=NO)c1ccccc1OC(F)F. The molecule has 1 rings (SSSR count). The summed E-state index contributed by atoms with van der Waals surface area (Å²) in [4.78, 5) is 0. The Morgan fingerprint density at radius 2 is 2.07 bits per heavy atom. The summed E-state index contributed by atoms with van der Waals surface area (Å²) in [6.07, 6.45) is 0. The maximum Gasteiger partial charge on any atom is 0.387 e. The maximum atomic E-state index is 11.9. The van der Waals surface area contributed by atoms with Gasteiger partial charge in [-0.3, -0.25) is 0 Å². The van der Waals surface area contributed by atoms with E-state index in [9.17, 15) is 8.78 Å². The number of nitrogens with zero attached hydrogens (tertiary/aromatic N) is 1. The number of halogens is 2. The molecule has 3 nitrogen and oxygen atoms in total. The van der Waals surface area contributed by atoms with Crippen LogP contribution in [0, 0.1) is 0 Å². The molecule has 76 valence electrons. The van der Waals surface area contributed by atoms with Gasteiger partial charge in [0, 0.05) is 5.56 Å². The molecule has 1 aromatic carbocycles. The lowest BCUT2D eigenvalue weighted by molar-refractivity contribution is -0.0499. The molecule has 0 saturated carbocycles. The van der Waals surface area contributed by atoms with Crippen molar-refractivity contribution in [3.63, 3.8) is 0 Å². The average Bonchev–Trinajstić information content (AvgIpc) is 2.16. The van der Waals surface area contributed by atoms with Crippen LogP contribution in [0.4, 0.5) is 8.78 Å². The molecule has 0 atom stereocenters. The topological polar surface area (TPSA) is 41.8 Å². The van der Waals surface area contributed by atoms with Crippen molar-refractivity contribution >= 4 is 5.71 Å². The number of para-hydroxylation sites is 1. The van der Waals surface area contributed by atoms with Crippen molar-refractivity contribution < 1.29 is 18.7 Å². The van der Waals surface area contributed by atoms with Gasteiger partial charge in [0.25, 0.3) is 0 Å². The normalized spacial score (nSPS) is 11.9. The highest BCUT2D eigenvalue weighted by Crippen LogP contribution is 2.20. The second-order valence-electron chi connectivity index (χ2n) is 2.56. The minimum Gasteiger partial charge on any atom is -0.434 e. The van der Waals surface area contributed by atoms with E-state index in [1.54, 1.807) is 12.1 Å². The van der Waals surface area contributed by atoms with Crippen LogP contribution in [0.3, 0.4) is 0 Å². The fourth-order valence-electron chi connectivity index (χ4n) is 1.02. The maximum absolute atomic E-state index is 11.9. The van der Waals surface area contributed by atoms with Gasteiger partial charge in [0.05, 0.1) is 5.71 Å². The highest BCUT2D eigenvalue weighted by Gasteiger charge is 2.10. The Labute approximate surface area is 79.6 Å². The molecule has 0 heterocycles. The van der Waals surface area contributed by atoms with Crippen molar-refractivity contribution in [3.8, 4) is 5.75 Å². The molecule has 1 aromatic rings. The Morgan fingerprint density at radius 3 is 2.64 bits per heavy atom. The minimum atomic E-state index is -2.89. The lowest BCUT2D eigenvalue weighted by atomic mass is 10.1. The third kappa shape index (κ3) is 2.42. The van der Waals surface area contributed by atoms with Gasteiger partial charge in [0.2, 0.25) is 0 Å². The highest BCUT2D eigenvalue weighted by atomic mass is 19.3. The molecule has 0 aliphatic heterocycles. The van der Waals surface area contributed by atoms with Crippen LogP contribution < -0.4 is 4.74 Å². The second kappa shape index (κ2) is 4.55. The Hall–Kier alpha value is -1.65. The first-order valence-corrected chi connectivity index (χ1v) is 3.88. The summed E-state index contributed by atoms with van der Waals surface area (Å²) in [6, 6.07) is 6.12.